The molecule has 91 heavy (non-hydrogen) atoms. The molecule has 24 heteroatoms. The minimum Gasteiger partial charge on any atom is -0.459 e. The Kier molecular flexibility index (Phi) is 23.0. The van der Waals surface area contributed by atoms with Crippen molar-refractivity contribution in [3.05, 3.63) is 228 Å². The van der Waals surface area contributed by atoms with Crippen molar-refractivity contribution in [1.29, 1.82) is 0 Å². The lowest BCUT2D eigenvalue weighted by Gasteiger charge is -2.50. The van der Waals surface area contributed by atoms with Crippen LogP contribution < -0.4 is 0 Å². The average molecular weight is 1250 g/mol. The Balaban J connectivity index is 1.24. The van der Waals surface area contributed by atoms with Crippen LogP contribution in [0.3, 0.4) is 0 Å². The molecular weight excluding hydrogens is 1190 g/mol. The number of carbonyl (C=O) groups excluding carboxylic acids is 8. The lowest BCUT2D eigenvalue weighted by atomic mass is 9.95. The third-order valence-electron chi connectivity index (χ3n) is 14.3. The van der Waals surface area contributed by atoms with Gasteiger partial charge < -0.3 is 76.5 Å². The molecule has 0 saturated carbocycles. The smallest absolute Gasteiger partial charge is 0.338 e. The molecule has 0 aliphatic carbocycles. The molecule has 0 spiro atoms. The molecule has 3 saturated heterocycles. The van der Waals surface area contributed by atoms with Crippen LogP contribution in [-0.2, 0) is 75.9 Å². The van der Waals surface area contributed by atoms with Crippen molar-refractivity contribution in [1.82, 2.24) is 0 Å². The summed E-state index contributed by atoms with van der Waals surface area (Å²) in [6, 6.07) is 45.5. The van der Waals surface area contributed by atoms with Crippen LogP contribution >= 0.6 is 0 Å². The molecule has 24 nitrogen and oxygen atoms in total. The van der Waals surface area contributed by atoms with Crippen LogP contribution in [0.4, 0.5) is 0 Å². The molecule has 3 heterocycles. The van der Waals surface area contributed by atoms with Crippen LogP contribution in [0, 0.1) is 0 Å². The second-order valence-corrected chi connectivity index (χ2v) is 20.6. The van der Waals surface area contributed by atoms with Gasteiger partial charge in [-0.3, -0.25) is 9.59 Å². The fourth-order valence-corrected chi connectivity index (χ4v) is 10.1. The van der Waals surface area contributed by atoms with Gasteiger partial charge in [0.15, 0.2) is 61.6 Å². The number of aliphatic hydroxyl groups excluding tert-OH is 2. The minimum atomic E-state index is -2.22. The maximum Gasteiger partial charge on any atom is 0.338 e. The Hall–Kier alpha value is -9.50. The second kappa shape index (κ2) is 31.8. The van der Waals surface area contributed by atoms with Crippen molar-refractivity contribution >= 4 is 47.8 Å². The highest BCUT2D eigenvalue weighted by Crippen LogP contribution is 2.39. The highest BCUT2D eigenvalue weighted by atomic mass is 16.8. The quantitative estimate of drug-likeness (QED) is 0.0401. The summed E-state index contributed by atoms with van der Waals surface area (Å²) in [7, 11) is 0. The van der Waals surface area contributed by atoms with Gasteiger partial charge in [0.1, 0.15) is 43.7 Å². The number of ether oxygens (including phenoxy) is 14. The first-order valence-electron chi connectivity index (χ1n) is 28.7. The minimum absolute atomic E-state index is 0.0106. The zero-order valence-corrected chi connectivity index (χ0v) is 49.0. The van der Waals surface area contributed by atoms with Crippen molar-refractivity contribution in [2.75, 3.05) is 26.4 Å². The van der Waals surface area contributed by atoms with Gasteiger partial charge in [0.2, 0.25) is 0 Å². The molecular formula is C67H64O24. The van der Waals surface area contributed by atoms with Gasteiger partial charge in [0, 0.05) is 13.8 Å². The van der Waals surface area contributed by atoms with Crippen LogP contribution in [0.5, 0.6) is 0 Å². The summed E-state index contributed by atoms with van der Waals surface area (Å²) in [4.78, 5) is 113. The molecule has 6 aromatic carbocycles. The van der Waals surface area contributed by atoms with Crippen LogP contribution in [0.2, 0.25) is 0 Å². The number of benzene rings is 6. The molecule has 6 aromatic rings. The first-order valence-corrected chi connectivity index (χ1v) is 28.7. The Morgan fingerprint density at radius 1 is 0.385 bits per heavy atom. The molecule has 9 rings (SSSR count). The van der Waals surface area contributed by atoms with Gasteiger partial charge >= 0.3 is 47.8 Å². The maximum atomic E-state index is 14.8. The first-order chi connectivity index (χ1) is 44.1. The van der Waals surface area contributed by atoms with Crippen molar-refractivity contribution in [2.24, 2.45) is 0 Å². The van der Waals surface area contributed by atoms with Crippen LogP contribution in [0.25, 0.3) is 0 Å². The van der Waals surface area contributed by atoms with E-state index in [1.807, 2.05) is 0 Å². The fraction of sp³-hybridized carbons (Fsp3) is 0.313. The third-order valence-corrected chi connectivity index (χ3v) is 14.3. The van der Waals surface area contributed by atoms with E-state index in [-0.39, 0.29) is 40.0 Å². The lowest BCUT2D eigenvalue weighted by molar-refractivity contribution is -0.387. The van der Waals surface area contributed by atoms with Gasteiger partial charge in [-0.25, -0.2) is 28.8 Å². The number of hydrogen-bond donors (Lipinski definition) is 2. The summed E-state index contributed by atoms with van der Waals surface area (Å²) in [6.07, 6.45) is -27.7. The van der Waals surface area contributed by atoms with Gasteiger partial charge in [-0.2, -0.15) is 0 Å². The number of rotatable bonds is 24. The van der Waals surface area contributed by atoms with Crippen molar-refractivity contribution in [3.63, 3.8) is 0 Å². The average Bonchev–Trinajstić information content (AvgIpc) is 0.815. The highest BCUT2D eigenvalue weighted by molar-refractivity contribution is 5.92. The maximum absolute atomic E-state index is 14.8. The monoisotopic (exact) mass is 1250 g/mol. The predicted octanol–water partition coefficient (Wildman–Crippen LogP) is 5.97. The zero-order chi connectivity index (χ0) is 64.4. The summed E-state index contributed by atoms with van der Waals surface area (Å²) in [5.41, 5.74) is -0.0537. The molecule has 3 aliphatic heterocycles. The van der Waals surface area contributed by atoms with Gasteiger partial charge in [0.05, 0.1) is 46.6 Å². The number of aliphatic hydroxyl groups is 2. The largest absolute Gasteiger partial charge is 0.459 e. The lowest BCUT2D eigenvalue weighted by Crippen LogP contribution is -2.69. The van der Waals surface area contributed by atoms with E-state index in [9.17, 15) is 48.6 Å². The summed E-state index contributed by atoms with van der Waals surface area (Å²) in [6.45, 7) is 2.87. The molecule has 3 aliphatic rings. The highest BCUT2D eigenvalue weighted by Gasteiger charge is 2.60. The molecule has 0 unspecified atom stereocenters. The van der Waals surface area contributed by atoms with Crippen molar-refractivity contribution in [3.8, 4) is 0 Å². The first kappa shape index (κ1) is 65.9. The molecule has 476 valence electrons. The molecule has 0 bridgehead atoms. The second-order valence-electron chi connectivity index (χ2n) is 20.6. The SMILES string of the molecule is C=CCO[C@H]1O[C@H](CO)[C@@H](O)[C@H](O[C@H]2O[C@H](COC(=O)c3ccccc3)[C@@H](OC(=O)c3ccccc3)[C@H](OC(=O)c3ccccc3)[C@@H]2O[C@H]2O[C@H](COC(=O)c3ccccc3)[C@@H](OC(=O)c3ccccc3)[C@H](OC(=O)c3ccccc3)[C@@H]2OC(C)=O)[C@@H]1OC(C)=O. The van der Waals surface area contributed by atoms with Gasteiger partial charge in [-0.1, -0.05) is 115 Å². The van der Waals surface area contributed by atoms with E-state index in [1.54, 1.807) is 72.8 Å². The molecule has 15 atom stereocenters. The van der Waals surface area contributed by atoms with Crippen LogP contribution in [0.15, 0.2) is 195 Å². The summed E-state index contributed by atoms with van der Waals surface area (Å²) >= 11 is 0. The van der Waals surface area contributed by atoms with E-state index in [0.717, 1.165) is 13.8 Å². The summed E-state index contributed by atoms with van der Waals surface area (Å²) < 4.78 is 87.4. The number of carbonyl (C=O) groups is 8. The standard InChI is InChI=1S/C67H64O24/c1-4-35-78-65-56(81-39(2)69)53(50(71)47(36-68)83-65)90-67-58(55(89-64(77)46-33-21-10-22-34-46)52(87-62(75)44-29-17-8-18-30-44)49(85-67)38-80-60(73)42-25-13-6-14-26-42)91-66-57(82-40(3)70)54(88-63(76)45-31-19-9-20-32-45)51(86-61(74)43-27-15-7-16-28-43)48(84-66)37-79-59(72)41-23-11-5-12-24-41/h4-34,47-58,65-68,71H,1,35-38H2,2-3H3/t47-,48-,49-,50-,51-,52-,53+,54+,55+,56+,57+,58+,65+,66-,67-/m1/s1. The van der Waals surface area contributed by atoms with E-state index in [2.05, 4.69) is 6.58 Å². The molecule has 0 amide bonds. The van der Waals surface area contributed by atoms with Crippen molar-refractivity contribution in [2.45, 2.75) is 106 Å². The topological polar surface area (TPSA) is 306 Å². The van der Waals surface area contributed by atoms with Gasteiger partial charge in [0.25, 0.3) is 0 Å². The zero-order valence-electron chi connectivity index (χ0n) is 49.0. The van der Waals surface area contributed by atoms with E-state index in [0.29, 0.717) is 0 Å². The summed E-state index contributed by atoms with van der Waals surface area (Å²) in [5.74, 6) is -8.11. The van der Waals surface area contributed by atoms with E-state index in [1.165, 1.54) is 115 Å². The van der Waals surface area contributed by atoms with Crippen LogP contribution in [0.1, 0.15) is 76.0 Å². The van der Waals surface area contributed by atoms with E-state index < -0.39 is 160 Å². The fourth-order valence-electron chi connectivity index (χ4n) is 10.1. The van der Waals surface area contributed by atoms with Crippen LogP contribution in [-0.4, -0.2) is 177 Å². The Bertz CT molecular complexity index is 3410. The number of hydrogen-bond acceptors (Lipinski definition) is 24. The predicted molar refractivity (Wildman–Crippen MR) is 312 cm³/mol. The Labute approximate surface area is 521 Å². The van der Waals surface area contributed by atoms with E-state index in [4.69, 9.17) is 66.3 Å². The Morgan fingerprint density at radius 3 is 1.02 bits per heavy atom. The number of esters is 8. The molecule has 0 radical (unpaired) electrons. The molecule has 0 aromatic heterocycles. The Morgan fingerprint density at radius 2 is 0.681 bits per heavy atom. The van der Waals surface area contributed by atoms with Gasteiger partial charge in [-0.15, -0.1) is 6.58 Å². The van der Waals surface area contributed by atoms with E-state index >= 15 is 0 Å². The normalized spacial score (nSPS) is 26.0. The van der Waals surface area contributed by atoms with Gasteiger partial charge in [-0.05, 0) is 72.8 Å². The molecule has 2 N–H and O–H groups in total. The third kappa shape index (κ3) is 17.1. The molecule has 3 fully saturated rings. The van der Waals surface area contributed by atoms with Crippen molar-refractivity contribution < 1.29 is 115 Å². The summed E-state index contributed by atoms with van der Waals surface area (Å²) in [5, 5.41) is 22.8.